The molecule has 0 aliphatic carbocycles. The molecule has 1 aromatic rings. The lowest BCUT2D eigenvalue weighted by Gasteiger charge is -2.18. The quantitative estimate of drug-likeness (QED) is 0.705. The second-order valence-corrected chi connectivity index (χ2v) is 4.86. The molecule has 0 saturated heterocycles. The van der Waals surface area contributed by atoms with Gasteiger partial charge >= 0.3 is 0 Å². The van der Waals surface area contributed by atoms with E-state index in [1.807, 2.05) is 12.1 Å². The molecule has 0 fully saturated rings. The topological polar surface area (TPSA) is 33.2 Å². The lowest BCUT2D eigenvalue weighted by Crippen LogP contribution is -2.24. The van der Waals surface area contributed by atoms with Crippen molar-refractivity contribution in [2.45, 2.75) is 26.2 Å². The zero-order valence-electron chi connectivity index (χ0n) is 10.0. The van der Waals surface area contributed by atoms with Crippen LogP contribution in [0.3, 0.4) is 0 Å². The van der Waals surface area contributed by atoms with Crippen LogP contribution in [0.4, 0.5) is 0 Å². The first-order valence-electron chi connectivity index (χ1n) is 5.01. The molecule has 0 atom stereocenters. The molecule has 82 valence electrons. The summed E-state index contributed by atoms with van der Waals surface area (Å²) in [5.74, 6) is -0.0545. The summed E-state index contributed by atoms with van der Waals surface area (Å²) in [6.45, 7) is 6.25. The average molecular weight is 206 g/mol. The van der Waals surface area contributed by atoms with Gasteiger partial charge < -0.3 is 4.90 Å². The third-order valence-electron chi connectivity index (χ3n) is 2.14. The molecule has 1 aromatic heterocycles. The summed E-state index contributed by atoms with van der Waals surface area (Å²) >= 11 is 0. The molecule has 1 amide bonds. The summed E-state index contributed by atoms with van der Waals surface area (Å²) in [6.07, 6.45) is 0. The Bertz CT molecular complexity index is 364. The van der Waals surface area contributed by atoms with Crippen LogP contribution in [0.5, 0.6) is 0 Å². The van der Waals surface area contributed by atoms with Gasteiger partial charge in [0.25, 0.3) is 5.91 Å². The van der Waals surface area contributed by atoms with Crippen molar-refractivity contribution < 1.29 is 4.79 Å². The Labute approximate surface area is 91.1 Å². The number of hydrogen-bond donors (Lipinski definition) is 0. The minimum atomic E-state index is -0.0545. The van der Waals surface area contributed by atoms with E-state index in [9.17, 15) is 4.79 Å². The smallest absolute Gasteiger partial charge is 0.271 e. The lowest BCUT2D eigenvalue weighted by atomic mass is 9.91. The molecular weight excluding hydrogens is 188 g/mol. The van der Waals surface area contributed by atoms with Gasteiger partial charge in [0, 0.05) is 25.2 Å². The fraction of sp³-hybridized carbons (Fsp3) is 0.500. The average Bonchev–Trinajstić information content (AvgIpc) is 2.15. The second kappa shape index (κ2) is 4.01. The molecule has 0 radical (unpaired) electrons. The van der Waals surface area contributed by atoms with E-state index in [-0.39, 0.29) is 11.3 Å². The first-order valence-corrected chi connectivity index (χ1v) is 5.01. The van der Waals surface area contributed by atoms with E-state index in [0.29, 0.717) is 5.69 Å². The number of nitrogens with zero attached hydrogens (tertiary/aromatic N) is 2. The van der Waals surface area contributed by atoms with Crippen molar-refractivity contribution in [1.29, 1.82) is 0 Å². The highest BCUT2D eigenvalue weighted by Gasteiger charge is 2.17. The van der Waals surface area contributed by atoms with Crippen molar-refractivity contribution in [2.75, 3.05) is 14.1 Å². The molecule has 0 N–H and O–H groups in total. The van der Waals surface area contributed by atoms with Crippen LogP contribution in [0.2, 0.25) is 0 Å². The van der Waals surface area contributed by atoms with Crippen LogP contribution in [0, 0.1) is 0 Å². The van der Waals surface area contributed by atoms with E-state index < -0.39 is 0 Å². The van der Waals surface area contributed by atoms with Crippen LogP contribution >= 0.6 is 0 Å². The molecule has 0 unspecified atom stereocenters. The highest BCUT2D eigenvalue weighted by atomic mass is 16.2. The number of hydrogen-bond acceptors (Lipinski definition) is 2. The highest BCUT2D eigenvalue weighted by Crippen LogP contribution is 2.19. The fourth-order valence-electron chi connectivity index (χ4n) is 1.20. The molecule has 0 aliphatic rings. The Hall–Kier alpha value is -1.38. The minimum absolute atomic E-state index is 0.0252. The monoisotopic (exact) mass is 206 g/mol. The molecule has 3 heteroatoms. The zero-order valence-corrected chi connectivity index (χ0v) is 10.0. The summed E-state index contributed by atoms with van der Waals surface area (Å²) < 4.78 is 0. The maximum Gasteiger partial charge on any atom is 0.271 e. The van der Waals surface area contributed by atoms with Crippen molar-refractivity contribution >= 4 is 5.91 Å². The summed E-state index contributed by atoms with van der Waals surface area (Å²) in [5, 5.41) is 0. The van der Waals surface area contributed by atoms with E-state index >= 15 is 0 Å². The highest BCUT2D eigenvalue weighted by molar-refractivity contribution is 5.91. The Morgan fingerprint density at radius 3 is 2.33 bits per heavy atom. The summed E-state index contributed by atoms with van der Waals surface area (Å²) in [5.41, 5.74) is 1.42. The largest absolute Gasteiger partial charge is 0.343 e. The summed E-state index contributed by atoms with van der Waals surface area (Å²) in [4.78, 5) is 17.6. The van der Waals surface area contributed by atoms with Gasteiger partial charge in [0.2, 0.25) is 0 Å². The lowest BCUT2D eigenvalue weighted by molar-refractivity contribution is 0.0821. The van der Waals surface area contributed by atoms with Crippen LogP contribution in [0.25, 0.3) is 0 Å². The number of aromatic nitrogens is 1. The third kappa shape index (κ3) is 2.78. The number of pyridine rings is 1. The Balaban J connectivity index is 3.09. The minimum Gasteiger partial charge on any atom is -0.343 e. The maximum absolute atomic E-state index is 11.7. The molecule has 1 rings (SSSR count). The Morgan fingerprint density at radius 2 is 1.87 bits per heavy atom. The SMILES string of the molecule is CN(C)C(=O)c1cccc(C(C)(C)C)n1. The third-order valence-corrected chi connectivity index (χ3v) is 2.14. The molecule has 15 heavy (non-hydrogen) atoms. The zero-order chi connectivity index (χ0) is 11.6. The van der Waals surface area contributed by atoms with Crippen LogP contribution in [0.1, 0.15) is 37.0 Å². The molecule has 1 heterocycles. The van der Waals surface area contributed by atoms with Gasteiger partial charge in [0.05, 0.1) is 0 Å². The fourth-order valence-corrected chi connectivity index (χ4v) is 1.20. The number of rotatable bonds is 1. The van der Waals surface area contributed by atoms with Gasteiger partial charge in [0.15, 0.2) is 0 Å². The van der Waals surface area contributed by atoms with Gasteiger partial charge in [-0.05, 0) is 12.1 Å². The van der Waals surface area contributed by atoms with E-state index in [1.54, 1.807) is 20.2 Å². The van der Waals surface area contributed by atoms with Crippen LogP contribution in [-0.4, -0.2) is 29.9 Å². The first kappa shape index (κ1) is 11.7. The van der Waals surface area contributed by atoms with Gasteiger partial charge in [-0.25, -0.2) is 4.98 Å². The standard InChI is InChI=1S/C12H18N2O/c1-12(2,3)10-8-6-7-9(13-10)11(15)14(4)5/h6-8H,1-5H3. The number of amides is 1. The van der Waals surface area contributed by atoms with Gasteiger partial charge in [-0.1, -0.05) is 26.8 Å². The normalized spacial score (nSPS) is 11.3. The maximum atomic E-state index is 11.7. The van der Waals surface area contributed by atoms with Crippen LogP contribution in [0.15, 0.2) is 18.2 Å². The Morgan fingerprint density at radius 1 is 1.27 bits per heavy atom. The molecule has 0 saturated carbocycles. The summed E-state index contributed by atoms with van der Waals surface area (Å²) in [6, 6.07) is 5.58. The Kier molecular flexibility index (Phi) is 3.12. The van der Waals surface area contributed by atoms with Crippen molar-refractivity contribution in [3.8, 4) is 0 Å². The van der Waals surface area contributed by atoms with E-state index in [2.05, 4.69) is 25.8 Å². The van der Waals surface area contributed by atoms with E-state index in [0.717, 1.165) is 5.69 Å². The van der Waals surface area contributed by atoms with Crippen molar-refractivity contribution in [1.82, 2.24) is 9.88 Å². The van der Waals surface area contributed by atoms with Crippen molar-refractivity contribution in [2.24, 2.45) is 0 Å². The predicted octanol–water partition coefficient (Wildman–Crippen LogP) is 2.08. The van der Waals surface area contributed by atoms with Gasteiger partial charge in [-0.15, -0.1) is 0 Å². The van der Waals surface area contributed by atoms with Gasteiger partial charge in [-0.2, -0.15) is 0 Å². The first-order chi connectivity index (χ1) is 6.82. The number of carbonyl (C=O) groups excluding carboxylic acids is 1. The van der Waals surface area contributed by atoms with Gasteiger partial charge in [0.1, 0.15) is 5.69 Å². The van der Waals surface area contributed by atoms with Crippen molar-refractivity contribution in [3.63, 3.8) is 0 Å². The molecule has 0 aromatic carbocycles. The predicted molar refractivity (Wildman–Crippen MR) is 61.0 cm³/mol. The molecule has 0 aliphatic heterocycles. The molecule has 0 bridgehead atoms. The van der Waals surface area contributed by atoms with E-state index in [1.165, 1.54) is 4.90 Å². The van der Waals surface area contributed by atoms with Crippen LogP contribution in [-0.2, 0) is 5.41 Å². The molecule has 3 nitrogen and oxygen atoms in total. The van der Waals surface area contributed by atoms with Crippen LogP contribution < -0.4 is 0 Å². The summed E-state index contributed by atoms with van der Waals surface area (Å²) in [7, 11) is 3.46. The second-order valence-electron chi connectivity index (χ2n) is 4.86. The number of carbonyl (C=O) groups is 1. The van der Waals surface area contributed by atoms with E-state index in [4.69, 9.17) is 0 Å². The molecule has 0 spiro atoms. The van der Waals surface area contributed by atoms with Gasteiger partial charge in [-0.3, -0.25) is 4.79 Å². The molecular formula is C12H18N2O. The van der Waals surface area contributed by atoms with Crippen molar-refractivity contribution in [3.05, 3.63) is 29.6 Å².